The summed E-state index contributed by atoms with van der Waals surface area (Å²) in [6.45, 7) is 0.106. The van der Waals surface area contributed by atoms with Crippen molar-refractivity contribution in [3.05, 3.63) is 89.2 Å². The highest BCUT2D eigenvalue weighted by Gasteiger charge is 2.69. The van der Waals surface area contributed by atoms with Crippen LogP contribution in [0.4, 0.5) is 10.1 Å². The van der Waals surface area contributed by atoms with Gasteiger partial charge in [-0.3, -0.25) is 14.5 Å². The molecule has 4 aliphatic rings. The second kappa shape index (κ2) is 7.57. The molecule has 4 heterocycles. The van der Waals surface area contributed by atoms with Gasteiger partial charge in [-0.25, -0.2) is 4.39 Å². The van der Waals surface area contributed by atoms with E-state index < -0.39 is 17.3 Å². The summed E-state index contributed by atoms with van der Waals surface area (Å²) in [7, 11) is 0. The molecular formula is C27H21FN2O4S. The summed E-state index contributed by atoms with van der Waals surface area (Å²) in [5.41, 5.74) is 1.24. The third-order valence-corrected chi connectivity index (χ3v) is 8.74. The average molecular weight is 489 g/mol. The van der Waals surface area contributed by atoms with Gasteiger partial charge in [0.15, 0.2) is 17.3 Å². The molecule has 3 aromatic carbocycles. The number of amides is 1. The minimum Gasteiger partial charge on any atom is -0.454 e. The van der Waals surface area contributed by atoms with E-state index in [4.69, 9.17) is 9.47 Å². The molecule has 4 aliphatic heterocycles. The Bertz CT molecular complexity index is 1380. The van der Waals surface area contributed by atoms with Gasteiger partial charge in [-0.15, -0.1) is 11.8 Å². The first-order valence-electron chi connectivity index (χ1n) is 11.5. The van der Waals surface area contributed by atoms with Crippen molar-refractivity contribution in [2.45, 2.75) is 17.5 Å². The highest BCUT2D eigenvalue weighted by atomic mass is 32.2. The number of hydrogen-bond acceptors (Lipinski definition) is 6. The first-order valence-corrected chi connectivity index (χ1v) is 12.7. The number of carbonyl (C=O) groups excluding carboxylic acids is 2. The van der Waals surface area contributed by atoms with Crippen LogP contribution in [0.25, 0.3) is 0 Å². The molecule has 2 fully saturated rings. The van der Waals surface area contributed by atoms with Crippen molar-refractivity contribution in [3.8, 4) is 11.5 Å². The monoisotopic (exact) mass is 488 g/mol. The van der Waals surface area contributed by atoms with Crippen molar-refractivity contribution < 1.29 is 23.5 Å². The van der Waals surface area contributed by atoms with Gasteiger partial charge in [0.2, 0.25) is 12.7 Å². The number of Topliss-reactive ketones (excluding diaryl/α,β-unsaturated/α-hetero) is 1. The Balaban J connectivity index is 1.47. The van der Waals surface area contributed by atoms with Crippen molar-refractivity contribution in [2.75, 3.05) is 23.7 Å². The number of ether oxygens (including phenoxy) is 2. The second-order valence-electron chi connectivity index (χ2n) is 9.29. The molecule has 4 atom stereocenters. The van der Waals surface area contributed by atoms with Crippen LogP contribution in [0.2, 0.25) is 0 Å². The molecule has 7 rings (SSSR count). The maximum atomic E-state index is 14.6. The highest BCUT2D eigenvalue weighted by molar-refractivity contribution is 7.99. The van der Waals surface area contributed by atoms with Crippen LogP contribution in [0.5, 0.6) is 11.5 Å². The summed E-state index contributed by atoms with van der Waals surface area (Å²) in [5.74, 6) is 0.602. The lowest BCUT2D eigenvalue weighted by Crippen LogP contribution is -2.52. The molecule has 2 saturated heterocycles. The van der Waals surface area contributed by atoms with E-state index in [9.17, 15) is 14.0 Å². The molecule has 0 bridgehead atoms. The molecular weight excluding hydrogens is 467 g/mol. The van der Waals surface area contributed by atoms with Crippen LogP contribution >= 0.6 is 11.8 Å². The zero-order valence-electron chi connectivity index (χ0n) is 18.6. The van der Waals surface area contributed by atoms with E-state index in [1.54, 1.807) is 36.0 Å². The zero-order chi connectivity index (χ0) is 23.7. The molecule has 35 heavy (non-hydrogen) atoms. The smallest absolute Gasteiger partial charge is 0.250 e. The fraction of sp³-hybridized carbons (Fsp3) is 0.259. The van der Waals surface area contributed by atoms with Crippen LogP contribution in [0.15, 0.2) is 66.7 Å². The topological polar surface area (TPSA) is 67.9 Å². The molecule has 0 aliphatic carbocycles. The summed E-state index contributed by atoms with van der Waals surface area (Å²) < 4.78 is 25.6. The quantitative estimate of drug-likeness (QED) is 0.553. The van der Waals surface area contributed by atoms with Crippen molar-refractivity contribution in [3.63, 3.8) is 0 Å². The molecule has 0 saturated carbocycles. The lowest BCUT2D eigenvalue weighted by Gasteiger charge is -2.36. The van der Waals surface area contributed by atoms with Gasteiger partial charge < -0.3 is 14.8 Å². The molecule has 1 N–H and O–H groups in total. The highest BCUT2D eigenvalue weighted by Crippen LogP contribution is 2.61. The molecule has 1 spiro atoms. The number of benzene rings is 3. The number of nitrogens with zero attached hydrogens (tertiary/aromatic N) is 1. The van der Waals surface area contributed by atoms with Crippen molar-refractivity contribution in [1.82, 2.24) is 4.90 Å². The maximum absolute atomic E-state index is 14.6. The van der Waals surface area contributed by atoms with Crippen LogP contribution < -0.4 is 14.8 Å². The van der Waals surface area contributed by atoms with Crippen molar-refractivity contribution in [2.24, 2.45) is 5.92 Å². The first kappa shape index (κ1) is 21.0. The third kappa shape index (κ3) is 2.81. The summed E-state index contributed by atoms with van der Waals surface area (Å²) in [5, 5.41) is 2.97. The van der Waals surface area contributed by atoms with E-state index in [1.807, 2.05) is 30.3 Å². The fourth-order valence-electron chi connectivity index (χ4n) is 6.33. The number of nitrogens with one attached hydrogen (secondary N) is 1. The van der Waals surface area contributed by atoms with E-state index in [0.717, 1.165) is 11.3 Å². The van der Waals surface area contributed by atoms with Gasteiger partial charge in [0, 0.05) is 40.4 Å². The summed E-state index contributed by atoms with van der Waals surface area (Å²) in [6, 6.07) is 19.3. The van der Waals surface area contributed by atoms with Gasteiger partial charge in [0.25, 0.3) is 0 Å². The Kier molecular flexibility index (Phi) is 4.53. The van der Waals surface area contributed by atoms with Gasteiger partial charge in [-0.05, 0) is 42.0 Å². The first-order chi connectivity index (χ1) is 17.1. The van der Waals surface area contributed by atoms with E-state index >= 15 is 0 Å². The van der Waals surface area contributed by atoms with E-state index in [2.05, 4.69) is 10.2 Å². The Hall–Kier alpha value is -3.36. The Morgan fingerprint density at radius 2 is 1.89 bits per heavy atom. The maximum Gasteiger partial charge on any atom is 0.250 e. The molecule has 0 radical (unpaired) electrons. The number of carbonyl (C=O) groups is 2. The molecule has 1 amide bonds. The third-order valence-electron chi connectivity index (χ3n) is 7.71. The van der Waals surface area contributed by atoms with Crippen molar-refractivity contribution >= 4 is 29.1 Å². The van der Waals surface area contributed by atoms with Gasteiger partial charge in [0.1, 0.15) is 11.4 Å². The Morgan fingerprint density at radius 1 is 1.06 bits per heavy atom. The van der Waals surface area contributed by atoms with Gasteiger partial charge >= 0.3 is 0 Å². The van der Waals surface area contributed by atoms with Gasteiger partial charge in [-0.1, -0.05) is 30.3 Å². The van der Waals surface area contributed by atoms with Crippen LogP contribution in [0, 0.1) is 11.7 Å². The average Bonchev–Trinajstić information content (AvgIpc) is 3.63. The molecule has 176 valence electrons. The van der Waals surface area contributed by atoms with E-state index in [0.29, 0.717) is 34.2 Å². The number of ketones is 1. The molecule has 4 unspecified atom stereocenters. The number of anilines is 1. The van der Waals surface area contributed by atoms with Gasteiger partial charge in [-0.2, -0.15) is 0 Å². The summed E-state index contributed by atoms with van der Waals surface area (Å²) in [6.07, 6.45) is 0. The van der Waals surface area contributed by atoms with E-state index in [1.165, 1.54) is 12.1 Å². The number of thioether (sulfide) groups is 1. The Labute approximate surface area is 205 Å². The largest absolute Gasteiger partial charge is 0.454 e. The lowest BCUT2D eigenvalue weighted by molar-refractivity contribution is -0.127. The lowest BCUT2D eigenvalue weighted by atomic mass is 9.69. The predicted octanol–water partition coefficient (Wildman–Crippen LogP) is 4.37. The normalized spacial score (nSPS) is 28.3. The summed E-state index contributed by atoms with van der Waals surface area (Å²) in [4.78, 5) is 30.5. The van der Waals surface area contributed by atoms with Crippen LogP contribution in [-0.2, 0) is 10.3 Å². The molecule has 0 aromatic heterocycles. The minimum atomic E-state index is -1.31. The number of fused-ring (bicyclic) bond motifs is 5. The standard InChI is InChI=1S/C27H21FN2O4S/c28-17-7-8-19-18(11-17)27(26(32)29-19)24(25(31)16-6-9-21-22(10-16)34-14-33-21)23(15-4-2-1-3-5-15)20-12-35-13-30(20)27/h1-11,20,23-24H,12-14H2,(H,29,32). The number of halogens is 1. The number of rotatable bonds is 3. The molecule has 6 nitrogen and oxygen atoms in total. The zero-order valence-corrected chi connectivity index (χ0v) is 19.4. The van der Waals surface area contributed by atoms with Crippen LogP contribution in [-0.4, -0.2) is 41.1 Å². The SMILES string of the molecule is O=C(c1ccc2c(c1)OCO2)C1C(c2ccccc2)C2CSCN2C12C(=O)Nc1ccc(F)cc12. The van der Waals surface area contributed by atoms with Gasteiger partial charge in [0.05, 0.1) is 5.92 Å². The van der Waals surface area contributed by atoms with E-state index in [-0.39, 0.29) is 30.4 Å². The summed E-state index contributed by atoms with van der Waals surface area (Å²) >= 11 is 1.74. The molecule has 3 aromatic rings. The second-order valence-corrected chi connectivity index (χ2v) is 10.3. The van der Waals surface area contributed by atoms with Crippen LogP contribution in [0.3, 0.4) is 0 Å². The van der Waals surface area contributed by atoms with Crippen molar-refractivity contribution in [1.29, 1.82) is 0 Å². The Morgan fingerprint density at radius 3 is 2.74 bits per heavy atom. The molecule has 8 heteroatoms. The fourth-order valence-corrected chi connectivity index (χ4v) is 7.65. The minimum absolute atomic E-state index is 0.0506. The predicted molar refractivity (Wildman–Crippen MR) is 129 cm³/mol. The van der Waals surface area contributed by atoms with Crippen LogP contribution in [0.1, 0.15) is 27.4 Å². The number of hydrogen-bond donors (Lipinski definition) is 1.